The van der Waals surface area contributed by atoms with Gasteiger partial charge in [-0.3, -0.25) is 4.79 Å². The van der Waals surface area contributed by atoms with Crippen molar-refractivity contribution in [2.45, 2.75) is 51.0 Å². The van der Waals surface area contributed by atoms with Gasteiger partial charge in [0.25, 0.3) is 0 Å². The Morgan fingerprint density at radius 1 is 1.12 bits per heavy atom. The number of carbonyl (C=O) groups excluding carboxylic acids is 2. The summed E-state index contributed by atoms with van der Waals surface area (Å²) in [5.74, 6) is 0.279. The van der Waals surface area contributed by atoms with Gasteiger partial charge in [0.15, 0.2) is 0 Å². The fraction of sp³-hybridized carbons (Fsp3) is 0.833. The maximum Gasteiger partial charge on any atom is 0.317 e. The zero-order chi connectivity index (χ0) is 11.4. The summed E-state index contributed by atoms with van der Waals surface area (Å²) in [7, 11) is 0. The number of nitrogens with zero attached hydrogens (tertiary/aromatic N) is 1. The predicted molar refractivity (Wildman–Crippen MR) is 61.2 cm³/mol. The molecule has 4 heteroatoms. The summed E-state index contributed by atoms with van der Waals surface area (Å²) in [5, 5.41) is 3.08. The number of nitrogens with one attached hydrogen (secondary N) is 1. The fourth-order valence-electron chi connectivity index (χ4n) is 2.47. The predicted octanol–water partition coefficient (Wildman–Crippen LogP) is 1.69. The van der Waals surface area contributed by atoms with Gasteiger partial charge in [-0.2, -0.15) is 0 Å². The minimum Gasteiger partial charge on any atom is -0.335 e. The molecule has 0 aromatic heterocycles. The van der Waals surface area contributed by atoms with Gasteiger partial charge in [0.05, 0.1) is 0 Å². The van der Waals surface area contributed by atoms with Crippen LogP contribution >= 0.6 is 0 Å². The summed E-state index contributed by atoms with van der Waals surface area (Å²) in [6.45, 7) is 1.19. The number of Topliss-reactive ketones (excluding diaryl/α,β-unsaturated/α-hetero) is 1. The topological polar surface area (TPSA) is 49.4 Å². The van der Waals surface area contributed by atoms with E-state index >= 15 is 0 Å². The molecule has 2 rings (SSSR count). The van der Waals surface area contributed by atoms with Crippen LogP contribution in [-0.4, -0.2) is 35.8 Å². The molecule has 0 unspecified atom stereocenters. The van der Waals surface area contributed by atoms with Crippen LogP contribution < -0.4 is 5.32 Å². The summed E-state index contributed by atoms with van der Waals surface area (Å²) < 4.78 is 0. The van der Waals surface area contributed by atoms with Gasteiger partial charge in [-0.05, 0) is 12.8 Å². The van der Waals surface area contributed by atoms with Crippen LogP contribution in [0.1, 0.15) is 44.9 Å². The van der Waals surface area contributed by atoms with Crippen molar-refractivity contribution in [2.75, 3.05) is 13.1 Å². The Hall–Kier alpha value is -1.06. The largest absolute Gasteiger partial charge is 0.335 e. The highest BCUT2D eigenvalue weighted by Gasteiger charge is 2.23. The third-order valence-corrected chi connectivity index (χ3v) is 3.54. The Morgan fingerprint density at radius 3 is 2.38 bits per heavy atom. The third kappa shape index (κ3) is 2.97. The Labute approximate surface area is 96.4 Å². The second-order valence-corrected chi connectivity index (χ2v) is 4.81. The van der Waals surface area contributed by atoms with E-state index in [1.165, 1.54) is 19.3 Å². The molecule has 0 aromatic rings. The SMILES string of the molecule is O=C1CCN(C(=O)NC2CCCCC2)CC1. The molecule has 1 aliphatic carbocycles. The van der Waals surface area contributed by atoms with Crippen molar-refractivity contribution in [1.29, 1.82) is 0 Å². The molecule has 2 fully saturated rings. The quantitative estimate of drug-likeness (QED) is 0.737. The van der Waals surface area contributed by atoms with Crippen LogP contribution in [0.15, 0.2) is 0 Å². The number of likely N-dealkylation sites (tertiary alicyclic amines) is 1. The number of piperidine rings is 1. The van der Waals surface area contributed by atoms with Gasteiger partial charge >= 0.3 is 6.03 Å². The molecular weight excluding hydrogens is 204 g/mol. The molecule has 2 aliphatic rings. The molecule has 0 atom stereocenters. The molecule has 0 spiro atoms. The summed E-state index contributed by atoms with van der Waals surface area (Å²) in [6.07, 6.45) is 7.02. The van der Waals surface area contributed by atoms with E-state index in [-0.39, 0.29) is 11.8 Å². The molecule has 90 valence electrons. The molecule has 1 heterocycles. The number of carbonyl (C=O) groups is 2. The first-order valence-electron chi connectivity index (χ1n) is 6.33. The number of urea groups is 1. The number of ketones is 1. The first-order valence-corrected chi connectivity index (χ1v) is 6.33. The monoisotopic (exact) mass is 224 g/mol. The molecule has 0 aromatic carbocycles. The summed E-state index contributed by atoms with van der Waals surface area (Å²) in [4.78, 5) is 24.7. The highest BCUT2D eigenvalue weighted by atomic mass is 16.2. The van der Waals surface area contributed by atoms with Crippen molar-refractivity contribution in [3.63, 3.8) is 0 Å². The van der Waals surface area contributed by atoms with Crippen LogP contribution in [0.4, 0.5) is 4.79 Å². The summed E-state index contributed by atoms with van der Waals surface area (Å²) in [6, 6.07) is 0.387. The van der Waals surface area contributed by atoms with Gasteiger partial charge < -0.3 is 10.2 Å². The van der Waals surface area contributed by atoms with Gasteiger partial charge in [-0.1, -0.05) is 19.3 Å². The number of rotatable bonds is 1. The van der Waals surface area contributed by atoms with Gasteiger partial charge in [0.1, 0.15) is 5.78 Å². The highest BCUT2D eigenvalue weighted by Crippen LogP contribution is 2.18. The molecular formula is C12H20N2O2. The Balaban J connectivity index is 1.76. The number of hydrogen-bond acceptors (Lipinski definition) is 2. The van der Waals surface area contributed by atoms with Gasteiger partial charge in [0, 0.05) is 32.0 Å². The van der Waals surface area contributed by atoms with Crippen LogP contribution in [0.5, 0.6) is 0 Å². The fourth-order valence-corrected chi connectivity index (χ4v) is 2.47. The Bertz CT molecular complexity index is 262. The van der Waals surface area contributed by atoms with Crippen molar-refractivity contribution in [3.8, 4) is 0 Å². The molecule has 0 bridgehead atoms. The molecule has 1 N–H and O–H groups in total. The van der Waals surface area contributed by atoms with Crippen LogP contribution in [0.25, 0.3) is 0 Å². The second kappa shape index (κ2) is 5.32. The van der Waals surface area contributed by atoms with Gasteiger partial charge in [0.2, 0.25) is 0 Å². The average Bonchev–Trinajstić information content (AvgIpc) is 2.31. The number of amides is 2. The second-order valence-electron chi connectivity index (χ2n) is 4.81. The van der Waals surface area contributed by atoms with Crippen molar-refractivity contribution in [3.05, 3.63) is 0 Å². The smallest absolute Gasteiger partial charge is 0.317 e. The first-order chi connectivity index (χ1) is 7.75. The van der Waals surface area contributed by atoms with E-state index < -0.39 is 0 Å². The molecule has 1 saturated heterocycles. The van der Waals surface area contributed by atoms with Crippen molar-refractivity contribution >= 4 is 11.8 Å². The van der Waals surface area contributed by atoms with Crippen molar-refractivity contribution in [2.24, 2.45) is 0 Å². The molecule has 16 heavy (non-hydrogen) atoms. The van der Waals surface area contributed by atoms with E-state index in [2.05, 4.69) is 5.32 Å². The van der Waals surface area contributed by atoms with Crippen molar-refractivity contribution < 1.29 is 9.59 Å². The van der Waals surface area contributed by atoms with E-state index in [1.807, 2.05) is 0 Å². The van der Waals surface area contributed by atoms with E-state index in [1.54, 1.807) is 4.90 Å². The molecule has 1 saturated carbocycles. The van der Waals surface area contributed by atoms with Crippen LogP contribution in [-0.2, 0) is 4.79 Å². The molecule has 1 aliphatic heterocycles. The zero-order valence-electron chi connectivity index (χ0n) is 9.71. The Morgan fingerprint density at radius 2 is 1.75 bits per heavy atom. The van der Waals surface area contributed by atoms with Gasteiger partial charge in [-0.25, -0.2) is 4.79 Å². The maximum absolute atomic E-state index is 11.9. The van der Waals surface area contributed by atoms with E-state index in [0.29, 0.717) is 32.0 Å². The lowest BCUT2D eigenvalue weighted by atomic mass is 9.96. The minimum absolute atomic E-state index is 0.0272. The van der Waals surface area contributed by atoms with E-state index in [0.717, 1.165) is 12.8 Å². The lowest BCUT2D eigenvalue weighted by molar-refractivity contribution is -0.120. The standard InChI is InChI=1S/C12H20N2O2/c15-11-6-8-14(9-7-11)12(16)13-10-4-2-1-3-5-10/h10H,1-9H2,(H,13,16). The maximum atomic E-state index is 11.9. The normalized spacial score (nSPS) is 23.2. The van der Waals surface area contributed by atoms with E-state index in [9.17, 15) is 9.59 Å². The van der Waals surface area contributed by atoms with Crippen molar-refractivity contribution in [1.82, 2.24) is 10.2 Å². The Kier molecular flexibility index (Phi) is 3.80. The third-order valence-electron chi connectivity index (χ3n) is 3.54. The van der Waals surface area contributed by atoms with Crippen LogP contribution in [0.2, 0.25) is 0 Å². The summed E-state index contributed by atoms with van der Waals surface area (Å²) in [5.41, 5.74) is 0. The highest BCUT2D eigenvalue weighted by molar-refractivity contribution is 5.82. The van der Waals surface area contributed by atoms with Gasteiger partial charge in [-0.15, -0.1) is 0 Å². The van der Waals surface area contributed by atoms with E-state index in [4.69, 9.17) is 0 Å². The number of hydrogen-bond donors (Lipinski definition) is 1. The average molecular weight is 224 g/mol. The van der Waals surface area contributed by atoms with Crippen LogP contribution in [0.3, 0.4) is 0 Å². The van der Waals surface area contributed by atoms with Crippen LogP contribution in [0, 0.1) is 0 Å². The molecule has 2 amide bonds. The lowest BCUT2D eigenvalue weighted by Gasteiger charge is -2.30. The summed E-state index contributed by atoms with van der Waals surface area (Å²) >= 11 is 0. The minimum atomic E-state index is 0.0272. The zero-order valence-corrected chi connectivity index (χ0v) is 9.71. The molecule has 0 radical (unpaired) electrons. The lowest BCUT2D eigenvalue weighted by Crippen LogP contribution is -2.48. The first kappa shape index (κ1) is 11.4. The molecule has 4 nitrogen and oxygen atoms in total.